The molecule has 2 rings (SSSR count). The van der Waals surface area contributed by atoms with Crippen molar-refractivity contribution in [2.24, 2.45) is 0 Å². The van der Waals surface area contributed by atoms with Crippen LogP contribution in [0.25, 0.3) is 11.1 Å². The summed E-state index contributed by atoms with van der Waals surface area (Å²) in [5.41, 5.74) is 7.22. The van der Waals surface area contributed by atoms with E-state index in [2.05, 4.69) is 0 Å². The molecule has 106 valence electrons. The number of thiophene rings is 1. The smallest absolute Gasteiger partial charge is 0.342 e. The van der Waals surface area contributed by atoms with Gasteiger partial charge in [-0.1, -0.05) is 11.6 Å². The molecule has 0 saturated carbocycles. The molecule has 0 unspecified atom stereocenters. The number of hydrogen-bond acceptors (Lipinski definition) is 4. The number of nitrogens with two attached hydrogens (primary N) is 1. The van der Waals surface area contributed by atoms with E-state index in [1.54, 1.807) is 19.2 Å². The number of carbonyl (C=O) groups is 1. The number of halogens is 2. The lowest BCUT2D eigenvalue weighted by atomic mass is 10.0. The van der Waals surface area contributed by atoms with Gasteiger partial charge in [-0.2, -0.15) is 0 Å². The van der Waals surface area contributed by atoms with Crippen LogP contribution in [0, 0.1) is 5.82 Å². The Hall–Kier alpha value is -1.59. The summed E-state index contributed by atoms with van der Waals surface area (Å²) >= 11 is 7.25. The van der Waals surface area contributed by atoms with E-state index in [0.29, 0.717) is 16.1 Å². The molecule has 0 aliphatic rings. The highest BCUT2D eigenvalue weighted by Gasteiger charge is 2.22. The number of esters is 1. The third-order valence-corrected chi connectivity index (χ3v) is 3.71. The summed E-state index contributed by atoms with van der Waals surface area (Å²) in [6.45, 7) is 3.51. The number of carbonyl (C=O) groups excluding carboxylic acids is 1. The molecular weight excluding hydrogens is 301 g/mol. The van der Waals surface area contributed by atoms with E-state index < -0.39 is 11.8 Å². The molecule has 1 aromatic heterocycles. The predicted octanol–water partition coefficient (Wildman–Crippen LogP) is 4.36. The van der Waals surface area contributed by atoms with Gasteiger partial charge in [0.2, 0.25) is 0 Å². The van der Waals surface area contributed by atoms with Crippen LogP contribution in [0.15, 0.2) is 23.6 Å². The van der Waals surface area contributed by atoms with Crippen LogP contribution in [-0.4, -0.2) is 12.1 Å². The third-order valence-electron chi connectivity index (χ3n) is 2.59. The Balaban J connectivity index is 2.50. The van der Waals surface area contributed by atoms with Gasteiger partial charge in [0.25, 0.3) is 0 Å². The van der Waals surface area contributed by atoms with Crippen LogP contribution >= 0.6 is 22.9 Å². The number of rotatable bonds is 3. The zero-order chi connectivity index (χ0) is 14.9. The van der Waals surface area contributed by atoms with Gasteiger partial charge in [0.05, 0.1) is 11.1 Å². The standard InChI is InChI=1S/C14H13ClFNO2S/c1-7(2)19-14(18)12-10(6-20-13(12)17)9-4-3-8(16)5-11(9)15/h3-7H,17H2,1-2H3. The first-order valence-electron chi connectivity index (χ1n) is 5.93. The molecule has 3 nitrogen and oxygen atoms in total. The van der Waals surface area contributed by atoms with Crippen molar-refractivity contribution in [3.63, 3.8) is 0 Å². The summed E-state index contributed by atoms with van der Waals surface area (Å²) in [6.07, 6.45) is -0.252. The van der Waals surface area contributed by atoms with E-state index in [0.717, 1.165) is 0 Å². The maximum absolute atomic E-state index is 13.1. The first-order chi connectivity index (χ1) is 9.40. The summed E-state index contributed by atoms with van der Waals surface area (Å²) in [5.74, 6) is -0.942. The van der Waals surface area contributed by atoms with Gasteiger partial charge in [-0.3, -0.25) is 0 Å². The lowest BCUT2D eigenvalue weighted by Gasteiger charge is -2.10. The Morgan fingerprint density at radius 2 is 2.10 bits per heavy atom. The fraction of sp³-hybridized carbons (Fsp3) is 0.214. The number of nitrogen functional groups attached to an aromatic ring is 1. The molecule has 0 atom stereocenters. The minimum absolute atomic E-state index is 0.224. The number of anilines is 1. The van der Waals surface area contributed by atoms with Crippen molar-refractivity contribution >= 4 is 33.9 Å². The van der Waals surface area contributed by atoms with Crippen LogP contribution in [0.2, 0.25) is 5.02 Å². The fourth-order valence-electron chi connectivity index (χ4n) is 1.76. The van der Waals surface area contributed by atoms with E-state index in [-0.39, 0.29) is 16.7 Å². The zero-order valence-corrected chi connectivity index (χ0v) is 12.5. The summed E-state index contributed by atoms with van der Waals surface area (Å²) in [6, 6.07) is 4.00. The summed E-state index contributed by atoms with van der Waals surface area (Å²) in [7, 11) is 0. The second-order valence-electron chi connectivity index (χ2n) is 4.47. The molecule has 2 aromatic rings. The monoisotopic (exact) mass is 313 g/mol. The molecule has 0 saturated heterocycles. The second kappa shape index (κ2) is 5.81. The number of hydrogen-bond donors (Lipinski definition) is 1. The highest BCUT2D eigenvalue weighted by atomic mass is 35.5. The average molecular weight is 314 g/mol. The Morgan fingerprint density at radius 1 is 1.40 bits per heavy atom. The molecule has 1 aromatic carbocycles. The van der Waals surface area contributed by atoms with Gasteiger partial charge in [0.15, 0.2) is 0 Å². The largest absolute Gasteiger partial charge is 0.459 e. The maximum atomic E-state index is 13.1. The molecule has 2 N–H and O–H groups in total. The molecule has 6 heteroatoms. The van der Waals surface area contributed by atoms with Gasteiger partial charge < -0.3 is 10.5 Å². The van der Waals surface area contributed by atoms with Gasteiger partial charge in [-0.05, 0) is 32.0 Å². The Bertz CT molecular complexity index is 655. The molecule has 0 aliphatic carbocycles. The lowest BCUT2D eigenvalue weighted by Crippen LogP contribution is -2.13. The Morgan fingerprint density at radius 3 is 2.70 bits per heavy atom. The summed E-state index contributed by atoms with van der Waals surface area (Å²) in [4.78, 5) is 12.1. The van der Waals surface area contributed by atoms with Gasteiger partial charge in [0, 0.05) is 16.5 Å². The quantitative estimate of drug-likeness (QED) is 0.857. The fourth-order valence-corrected chi connectivity index (χ4v) is 2.83. The lowest BCUT2D eigenvalue weighted by molar-refractivity contribution is 0.0380. The number of ether oxygens (including phenoxy) is 1. The topological polar surface area (TPSA) is 52.3 Å². The van der Waals surface area contributed by atoms with Crippen LogP contribution in [0.5, 0.6) is 0 Å². The molecule has 0 bridgehead atoms. The van der Waals surface area contributed by atoms with Crippen molar-refractivity contribution in [3.05, 3.63) is 40.0 Å². The zero-order valence-electron chi connectivity index (χ0n) is 10.9. The van der Waals surface area contributed by atoms with Gasteiger partial charge >= 0.3 is 5.97 Å². The van der Waals surface area contributed by atoms with Gasteiger partial charge in [0.1, 0.15) is 16.4 Å². The van der Waals surface area contributed by atoms with Crippen LogP contribution in [-0.2, 0) is 4.74 Å². The molecule has 0 amide bonds. The van der Waals surface area contributed by atoms with Crippen LogP contribution in [0.3, 0.4) is 0 Å². The molecule has 20 heavy (non-hydrogen) atoms. The first kappa shape index (κ1) is 14.8. The van der Waals surface area contributed by atoms with E-state index in [1.165, 1.54) is 29.5 Å². The molecular formula is C14H13ClFNO2S. The average Bonchev–Trinajstić information content (AvgIpc) is 2.70. The van der Waals surface area contributed by atoms with Crippen molar-refractivity contribution in [2.75, 3.05) is 5.73 Å². The van der Waals surface area contributed by atoms with E-state index >= 15 is 0 Å². The normalized spacial score (nSPS) is 10.8. The van der Waals surface area contributed by atoms with Crippen LogP contribution < -0.4 is 5.73 Å². The van der Waals surface area contributed by atoms with Crippen molar-refractivity contribution in [1.82, 2.24) is 0 Å². The van der Waals surface area contributed by atoms with E-state index in [4.69, 9.17) is 22.1 Å². The van der Waals surface area contributed by atoms with E-state index in [9.17, 15) is 9.18 Å². The van der Waals surface area contributed by atoms with E-state index in [1.807, 2.05) is 0 Å². The van der Waals surface area contributed by atoms with Crippen molar-refractivity contribution in [1.29, 1.82) is 0 Å². The number of benzene rings is 1. The molecule has 0 spiro atoms. The maximum Gasteiger partial charge on any atom is 0.342 e. The minimum Gasteiger partial charge on any atom is -0.459 e. The molecule has 0 fully saturated rings. The highest BCUT2D eigenvalue weighted by molar-refractivity contribution is 7.15. The highest BCUT2D eigenvalue weighted by Crippen LogP contribution is 2.38. The predicted molar refractivity (Wildman–Crippen MR) is 79.7 cm³/mol. The van der Waals surface area contributed by atoms with Gasteiger partial charge in [-0.15, -0.1) is 11.3 Å². The van der Waals surface area contributed by atoms with Crippen molar-refractivity contribution < 1.29 is 13.9 Å². The third kappa shape index (κ3) is 2.94. The Labute approximate surface area is 125 Å². The van der Waals surface area contributed by atoms with Crippen molar-refractivity contribution in [2.45, 2.75) is 20.0 Å². The molecule has 0 radical (unpaired) electrons. The summed E-state index contributed by atoms with van der Waals surface area (Å²) in [5, 5.41) is 2.29. The van der Waals surface area contributed by atoms with Crippen LogP contribution in [0.4, 0.5) is 9.39 Å². The van der Waals surface area contributed by atoms with Crippen molar-refractivity contribution in [3.8, 4) is 11.1 Å². The second-order valence-corrected chi connectivity index (χ2v) is 5.79. The minimum atomic E-state index is -0.505. The molecule has 1 heterocycles. The van der Waals surface area contributed by atoms with Gasteiger partial charge in [-0.25, -0.2) is 9.18 Å². The first-order valence-corrected chi connectivity index (χ1v) is 7.19. The molecule has 0 aliphatic heterocycles. The SMILES string of the molecule is CC(C)OC(=O)c1c(-c2ccc(F)cc2Cl)csc1N. The van der Waals surface area contributed by atoms with Crippen LogP contribution in [0.1, 0.15) is 24.2 Å². The Kier molecular flexibility index (Phi) is 4.30. The summed E-state index contributed by atoms with van der Waals surface area (Å²) < 4.78 is 18.3.